The quantitative estimate of drug-likeness (QED) is 0.257. The molecule has 1 aromatic rings. The molecule has 1 amide bonds. The topological polar surface area (TPSA) is 113 Å². The lowest BCUT2D eigenvalue weighted by Crippen LogP contribution is -2.19. The zero-order valence-corrected chi connectivity index (χ0v) is 14.8. The number of hydrogen-bond donors (Lipinski definition) is 1. The molecule has 0 atom stereocenters. The van der Waals surface area contributed by atoms with Crippen LogP contribution >= 0.6 is 11.8 Å². The minimum absolute atomic E-state index is 0.193. The van der Waals surface area contributed by atoms with Crippen LogP contribution in [0.25, 0.3) is 0 Å². The smallest absolute Gasteiger partial charge is 0.331 e. The third-order valence-corrected chi connectivity index (χ3v) is 3.92. The Morgan fingerprint density at radius 2 is 2.31 bits per heavy atom. The van der Waals surface area contributed by atoms with E-state index in [0.29, 0.717) is 25.2 Å². The Labute approximate surface area is 154 Å². The molecule has 0 saturated carbocycles. The van der Waals surface area contributed by atoms with Crippen LogP contribution in [-0.2, 0) is 14.3 Å². The van der Waals surface area contributed by atoms with Crippen molar-refractivity contribution >= 4 is 35.0 Å². The molecule has 2 rings (SSSR count). The summed E-state index contributed by atoms with van der Waals surface area (Å²) in [6, 6.07) is 9.31. The second kappa shape index (κ2) is 10.0. The molecule has 0 spiro atoms. The molecule has 0 unspecified atom stereocenters. The third kappa shape index (κ3) is 6.07. The standard InChI is InChI=1S/C17H16N4O4S/c1-24-15(22)10-14-16(23)20-17(26-14)21-19-11-12-5-4-6-13(9-12)25-8-3-2-7-18/h4-6,9-11H,2-3,8H2,1H3,(H,20,21,23)/b14-10+,19-11?. The van der Waals surface area contributed by atoms with E-state index >= 15 is 0 Å². The molecule has 1 N–H and O–H groups in total. The number of benzene rings is 1. The first-order valence-electron chi connectivity index (χ1n) is 7.62. The van der Waals surface area contributed by atoms with Crippen LogP contribution in [0.15, 0.2) is 45.4 Å². The van der Waals surface area contributed by atoms with Gasteiger partial charge in [0.1, 0.15) is 5.75 Å². The van der Waals surface area contributed by atoms with Crippen molar-refractivity contribution in [2.75, 3.05) is 13.7 Å². The van der Waals surface area contributed by atoms with E-state index in [1.54, 1.807) is 6.07 Å². The zero-order chi connectivity index (χ0) is 18.8. The van der Waals surface area contributed by atoms with Crippen LogP contribution < -0.4 is 10.1 Å². The molecule has 134 valence electrons. The van der Waals surface area contributed by atoms with Crippen molar-refractivity contribution in [2.45, 2.75) is 12.8 Å². The van der Waals surface area contributed by atoms with Gasteiger partial charge in [0.2, 0.25) is 0 Å². The first kappa shape index (κ1) is 19.2. The number of methoxy groups -OCH3 is 1. The molecule has 1 aromatic carbocycles. The zero-order valence-electron chi connectivity index (χ0n) is 14.0. The van der Waals surface area contributed by atoms with Crippen LogP contribution in [0.5, 0.6) is 5.75 Å². The van der Waals surface area contributed by atoms with E-state index in [1.165, 1.54) is 13.3 Å². The summed E-state index contributed by atoms with van der Waals surface area (Å²) in [5.41, 5.74) is 0.770. The number of rotatable bonds is 7. The van der Waals surface area contributed by atoms with E-state index < -0.39 is 11.9 Å². The third-order valence-electron chi connectivity index (χ3n) is 3.02. The molecule has 9 heteroatoms. The predicted molar refractivity (Wildman–Crippen MR) is 97.6 cm³/mol. The van der Waals surface area contributed by atoms with Crippen LogP contribution in [0.4, 0.5) is 0 Å². The van der Waals surface area contributed by atoms with Gasteiger partial charge in [-0.15, -0.1) is 5.10 Å². The molecule has 0 bridgehead atoms. The Morgan fingerprint density at radius 3 is 3.08 bits per heavy atom. The minimum atomic E-state index is -0.612. The number of carbonyl (C=O) groups excluding carboxylic acids is 2. The fourth-order valence-corrected chi connectivity index (χ4v) is 2.55. The molecule has 0 aromatic heterocycles. The van der Waals surface area contributed by atoms with Crippen molar-refractivity contribution in [3.05, 3.63) is 40.8 Å². The van der Waals surface area contributed by atoms with Crippen molar-refractivity contribution in [1.29, 1.82) is 5.26 Å². The minimum Gasteiger partial charge on any atom is -0.494 e. The Morgan fingerprint density at radius 1 is 1.46 bits per heavy atom. The van der Waals surface area contributed by atoms with Crippen molar-refractivity contribution in [3.63, 3.8) is 0 Å². The van der Waals surface area contributed by atoms with E-state index in [2.05, 4.69) is 26.3 Å². The number of amidine groups is 1. The average molecular weight is 372 g/mol. The SMILES string of the molecule is COC(=O)/C=C1/S/C(=N\N=Cc2cccc(OCCCC#N)c2)NC1=O. The van der Waals surface area contributed by atoms with Crippen LogP contribution in [0.3, 0.4) is 0 Å². The number of nitrogens with one attached hydrogen (secondary N) is 1. The van der Waals surface area contributed by atoms with Gasteiger partial charge in [-0.05, 0) is 35.9 Å². The Bertz CT molecular complexity index is 811. The van der Waals surface area contributed by atoms with Gasteiger partial charge in [0, 0.05) is 12.5 Å². The largest absolute Gasteiger partial charge is 0.494 e. The van der Waals surface area contributed by atoms with Gasteiger partial charge >= 0.3 is 5.97 Å². The molecule has 1 aliphatic rings. The Hall–Kier alpha value is -3.12. The van der Waals surface area contributed by atoms with Gasteiger partial charge in [-0.25, -0.2) is 4.79 Å². The average Bonchev–Trinajstić information content (AvgIpc) is 2.98. The van der Waals surface area contributed by atoms with Gasteiger partial charge in [0.05, 0.1) is 30.9 Å². The van der Waals surface area contributed by atoms with Crippen LogP contribution in [0, 0.1) is 11.3 Å². The predicted octanol–water partition coefficient (Wildman–Crippen LogP) is 1.98. The number of nitrogens with zero attached hydrogens (tertiary/aromatic N) is 3. The van der Waals surface area contributed by atoms with Crippen LogP contribution in [-0.4, -0.2) is 37.0 Å². The molecular weight excluding hydrogens is 356 g/mol. The highest BCUT2D eigenvalue weighted by Gasteiger charge is 2.24. The van der Waals surface area contributed by atoms with Crippen LogP contribution in [0.1, 0.15) is 18.4 Å². The Balaban J connectivity index is 1.95. The summed E-state index contributed by atoms with van der Waals surface area (Å²) in [4.78, 5) is 23.0. The van der Waals surface area contributed by atoms with E-state index in [-0.39, 0.29) is 10.1 Å². The molecule has 1 saturated heterocycles. The fraction of sp³-hybridized carbons (Fsp3) is 0.235. The molecule has 8 nitrogen and oxygen atoms in total. The van der Waals surface area contributed by atoms with Gasteiger partial charge in [0.15, 0.2) is 5.17 Å². The number of amides is 1. The highest BCUT2D eigenvalue weighted by Crippen LogP contribution is 2.23. The summed E-state index contributed by atoms with van der Waals surface area (Å²) in [7, 11) is 1.23. The summed E-state index contributed by atoms with van der Waals surface area (Å²) < 4.78 is 10.0. The van der Waals surface area contributed by atoms with Gasteiger partial charge in [-0.3, -0.25) is 10.1 Å². The second-order valence-corrected chi connectivity index (χ2v) is 5.95. The van der Waals surface area contributed by atoms with Gasteiger partial charge in [0.25, 0.3) is 5.91 Å². The number of thioether (sulfide) groups is 1. The maximum atomic E-state index is 11.7. The normalized spacial score (nSPS) is 16.7. The van der Waals surface area contributed by atoms with Crippen molar-refractivity contribution in [1.82, 2.24) is 5.32 Å². The monoisotopic (exact) mass is 372 g/mol. The fourth-order valence-electron chi connectivity index (χ4n) is 1.81. The van der Waals surface area contributed by atoms with Crippen molar-refractivity contribution in [2.24, 2.45) is 10.2 Å². The molecule has 1 heterocycles. The van der Waals surface area contributed by atoms with Gasteiger partial charge < -0.3 is 9.47 Å². The summed E-state index contributed by atoms with van der Waals surface area (Å²) in [6.45, 7) is 0.467. The number of hydrogen-bond acceptors (Lipinski definition) is 8. The highest BCUT2D eigenvalue weighted by molar-refractivity contribution is 8.18. The lowest BCUT2D eigenvalue weighted by Gasteiger charge is -2.04. The van der Waals surface area contributed by atoms with E-state index in [4.69, 9.17) is 10.00 Å². The number of esters is 1. The molecule has 1 aliphatic heterocycles. The maximum Gasteiger partial charge on any atom is 0.331 e. The summed E-state index contributed by atoms with van der Waals surface area (Å²) in [6.07, 6.45) is 3.73. The Kier molecular flexibility index (Phi) is 7.39. The number of ether oxygens (including phenoxy) is 2. The van der Waals surface area contributed by atoms with Crippen LogP contribution in [0.2, 0.25) is 0 Å². The van der Waals surface area contributed by atoms with Gasteiger partial charge in [-0.1, -0.05) is 12.1 Å². The molecule has 1 fully saturated rings. The lowest BCUT2D eigenvalue weighted by atomic mass is 10.2. The second-order valence-electron chi connectivity index (χ2n) is 4.92. The summed E-state index contributed by atoms with van der Waals surface area (Å²) in [5.74, 6) is -0.368. The first-order chi connectivity index (χ1) is 12.6. The first-order valence-corrected chi connectivity index (χ1v) is 8.43. The van der Waals surface area contributed by atoms with E-state index in [9.17, 15) is 9.59 Å². The number of unbranched alkanes of at least 4 members (excludes halogenated alkanes) is 1. The number of nitriles is 1. The molecule has 26 heavy (non-hydrogen) atoms. The maximum absolute atomic E-state index is 11.7. The number of carbonyl (C=O) groups is 2. The van der Waals surface area contributed by atoms with E-state index in [1.807, 2.05) is 18.2 Å². The van der Waals surface area contributed by atoms with Gasteiger partial charge in [-0.2, -0.15) is 10.4 Å². The molecular formula is C17H16N4O4S. The summed E-state index contributed by atoms with van der Waals surface area (Å²) >= 11 is 1.00. The lowest BCUT2D eigenvalue weighted by molar-refractivity contribution is -0.135. The highest BCUT2D eigenvalue weighted by atomic mass is 32.2. The summed E-state index contributed by atoms with van der Waals surface area (Å²) in [5, 5.41) is 19.1. The van der Waals surface area contributed by atoms with E-state index in [0.717, 1.165) is 23.4 Å². The molecule has 0 radical (unpaired) electrons. The van der Waals surface area contributed by atoms with Crippen molar-refractivity contribution < 1.29 is 19.1 Å². The van der Waals surface area contributed by atoms with Crippen molar-refractivity contribution in [3.8, 4) is 11.8 Å². The molecule has 0 aliphatic carbocycles.